The summed E-state index contributed by atoms with van der Waals surface area (Å²) in [7, 11) is 0. The molecule has 0 spiro atoms. The molecule has 144 valence electrons. The minimum absolute atomic E-state index is 0.0209. The van der Waals surface area contributed by atoms with Crippen molar-refractivity contribution in [3.63, 3.8) is 0 Å². The number of rotatable bonds is 5. The molecule has 1 aliphatic rings. The first-order valence-corrected chi connectivity index (χ1v) is 9.14. The van der Waals surface area contributed by atoms with E-state index in [9.17, 15) is 14.0 Å². The molecule has 27 heavy (non-hydrogen) atoms. The van der Waals surface area contributed by atoms with E-state index >= 15 is 0 Å². The summed E-state index contributed by atoms with van der Waals surface area (Å²) < 4.78 is 15.4. The van der Waals surface area contributed by atoms with Crippen molar-refractivity contribution in [2.24, 2.45) is 0 Å². The second-order valence-corrected chi connectivity index (χ2v) is 6.79. The van der Waals surface area contributed by atoms with Gasteiger partial charge in [0.1, 0.15) is 5.82 Å². The van der Waals surface area contributed by atoms with E-state index in [-0.39, 0.29) is 5.69 Å². The number of piperidine rings is 1. The number of nitrogens with zero attached hydrogens (tertiary/aromatic N) is 3. The lowest BCUT2D eigenvalue weighted by molar-refractivity contribution is -0.133. The van der Waals surface area contributed by atoms with E-state index in [2.05, 4.69) is 20.6 Å². The second kappa shape index (κ2) is 8.77. The lowest BCUT2D eigenvalue weighted by Gasteiger charge is -2.26. The number of carbonyl (C=O) groups excluding carboxylic acids is 2. The first-order chi connectivity index (χ1) is 13.0. The summed E-state index contributed by atoms with van der Waals surface area (Å²) in [6.07, 6.45) is 6.94. The Morgan fingerprint density at radius 2 is 1.85 bits per heavy atom. The third kappa shape index (κ3) is 5.37. The van der Waals surface area contributed by atoms with Crippen molar-refractivity contribution in [3.05, 3.63) is 42.0 Å². The lowest BCUT2D eigenvalue weighted by atomic mass is 10.1. The number of benzene rings is 1. The molecule has 0 unspecified atom stereocenters. The minimum Gasteiger partial charge on any atom is -0.315 e. The molecule has 0 radical (unpaired) electrons. The van der Waals surface area contributed by atoms with Gasteiger partial charge in [-0.25, -0.2) is 4.39 Å². The van der Waals surface area contributed by atoms with Gasteiger partial charge >= 0.3 is 11.8 Å². The van der Waals surface area contributed by atoms with E-state index in [1.54, 1.807) is 23.9 Å². The maximum absolute atomic E-state index is 13.7. The fraction of sp³-hybridized carbons (Fsp3) is 0.421. The number of aromatic nitrogens is 2. The molecule has 2 heterocycles. The van der Waals surface area contributed by atoms with Gasteiger partial charge in [-0.15, -0.1) is 0 Å². The normalized spacial score (nSPS) is 14.7. The molecule has 8 heteroatoms. The Morgan fingerprint density at radius 3 is 2.63 bits per heavy atom. The molecular weight excluding hydrogens is 349 g/mol. The molecule has 0 bridgehead atoms. The Balaban J connectivity index is 1.50. The minimum atomic E-state index is -0.930. The third-order valence-corrected chi connectivity index (χ3v) is 4.56. The topological polar surface area (TPSA) is 79.3 Å². The third-order valence-electron chi connectivity index (χ3n) is 4.56. The van der Waals surface area contributed by atoms with Crippen LogP contribution in [0.4, 0.5) is 15.8 Å². The smallest absolute Gasteiger partial charge is 0.314 e. The highest BCUT2D eigenvalue weighted by Crippen LogP contribution is 2.16. The highest BCUT2D eigenvalue weighted by molar-refractivity contribution is 6.43. The number of nitrogens with one attached hydrogen (secondary N) is 2. The Kier molecular flexibility index (Phi) is 6.18. The summed E-state index contributed by atoms with van der Waals surface area (Å²) in [5, 5.41) is 8.98. The van der Waals surface area contributed by atoms with Gasteiger partial charge < -0.3 is 15.5 Å². The molecule has 2 aromatic rings. The molecule has 1 fully saturated rings. The molecule has 1 aliphatic heterocycles. The van der Waals surface area contributed by atoms with Gasteiger partial charge in [-0.1, -0.05) is 12.5 Å². The number of amides is 2. The summed E-state index contributed by atoms with van der Waals surface area (Å²) in [4.78, 5) is 26.4. The van der Waals surface area contributed by atoms with Gasteiger partial charge in [0.2, 0.25) is 0 Å². The summed E-state index contributed by atoms with van der Waals surface area (Å²) in [5.41, 5.74) is 1.19. The van der Waals surface area contributed by atoms with E-state index in [0.717, 1.165) is 31.7 Å². The summed E-state index contributed by atoms with van der Waals surface area (Å²) in [6.45, 7) is 5.62. The van der Waals surface area contributed by atoms with Crippen LogP contribution in [-0.2, 0) is 16.1 Å². The lowest BCUT2D eigenvalue weighted by Crippen LogP contribution is -2.32. The molecule has 0 saturated carbocycles. The van der Waals surface area contributed by atoms with Gasteiger partial charge in [0, 0.05) is 12.7 Å². The van der Waals surface area contributed by atoms with Crippen LogP contribution in [-0.4, -0.2) is 46.1 Å². The van der Waals surface area contributed by atoms with Crippen LogP contribution in [0.3, 0.4) is 0 Å². The average Bonchev–Trinajstić information content (AvgIpc) is 3.11. The monoisotopic (exact) mass is 373 g/mol. The largest absolute Gasteiger partial charge is 0.315 e. The molecule has 0 atom stereocenters. The molecular formula is C19H24FN5O2. The molecule has 3 rings (SSSR count). The summed E-state index contributed by atoms with van der Waals surface area (Å²) >= 11 is 0. The zero-order chi connectivity index (χ0) is 19.2. The van der Waals surface area contributed by atoms with Crippen LogP contribution in [0, 0.1) is 12.7 Å². The summed E-state index contributed by atoms with van der Waals surface area (Å²) in [6, 6.07) is 4.30. The number of anilines is 2. The Hall–Kier alpha value is -2.74. The van der Waals surface area contributed by atoms with Crippen LogP contribution in [0.15, 0.2) is 30.6 Å². The average molecular weight is 373 g/mol. The number of halogens is 1. The first kappa shape index (κ1) is 19.0. The molecule has 0 aliphatic carbocycles. The number of carbonyl (C=O) groups is 2. The predicted molar refractivity (Wildman–Crippen MR) is 101 cm³/mol. The van der Waals surface area contributed by atoms with Crippen molar-refractivity contribution >= 4 is 23.2 Å². The molecule has 1 aromatic heterocycles. The zero-order valence-corrected chi connectivity index (χ0v) is 15.4. The first-order valence-electron chi connectivity index (χ1n) is 9.14. The zero-order valence-electron chi connectivity index (χ0n) is 15.4. The number of likely N-dealkylation sites (tertiary alicyclic amines) is 1. The van der Waals surface area contributed by atoms with Crippen LogP contribution >= 0.6 is 0 Å². The van der Waals surface area contributed by atoms with Crippen molar-refractivity contribution in [1.82, 2.24) is 14.7 Å². The predicted octanol–water partition coefficient (Wildman–Crippen LogP) is 2.39. The van der Waals surface area contributed by atoms with Crippen molar-refractivity contribution < 1.29 is 14.0 Å². The fourth-order valence-electron chi connectivity index (χ4n) is 3.08. The highest BCUT2D eigenvalue weighted by atomic mass is 19.1. The van der Waals surface area contributed by atoms with Crippen LogP contribution in [0.5, 0.6) is 0 Å². The van der Waals surface area contributed by atoms with Crippen LogP contribution < -0.4 is 10.6 Å². The van der Waals surface area contributed by atoms with Gasteiger partial charge in [0.25, 0.3) is 0 Å². The molecule has 2 N–H and O–H groups in total. The van der Waals surface area contributed by atoms with Crippen LogP contribution in [0.25, 0.3) is 0 Å². The van der Waals surface area contributed by atoms with Gasteiger partial charge in [0.05, 0.1) is 24.1 Å². The number of hydrogen-bond donors (Lipinski definition) is 2. The maximum Gasteiger partial charge on any atom is 0.314 e. The SMILES string of the molecule is Cc1ccc(F)c(NC(=O)C(=O)Nc2cnn(CCN3CCCCC3)c2)c1. The second-order valence-electron chi connectivity index (χ2n) is 6.79. The van der Waals surface area contributed by atoms with Crippen LogP contribution in [0.2, 0.25) is 0 Å². The van der Waals surface area contributed by atoms with Crippen molar-refractivity contribution in [2.45, 2.75) is 32.7 Å². The van der Waals surface area contributed by atoms with E-state index in [0.29, 0.717) is 5.69 Å². The van der Waals surface area contributed by atoms with E-state index in [4.69, 9.17) is 0 Å². The van der Waals surface area contributed by atoms with Crippen molar-refractivity contribution in [1.29, 1.82) is 0 Å². The molecule has 7 nitrogen and oxygen atoms in total. The molecule has 1 saturated heterocycles. The van der Waals surface area contributed by atoms with Crippen molar-refractivity contribution in [2.75, 3.05) is 30.3 Å². The van der Waals surface area contributed by atoms with Gasteiger partial charge in [0.15, 0.2) is 0 Å². The van der Waals surface area contributed by atoms with E-state index in [1.807, 2.05) is 0 Å². The Bertz CT molecular complexity index is 814. The Morgan fingerprint density at radius 1 is 1.11 bits per heavy atom. The van der Waals surface area contributed by atoms with Gasteiger partial charge in [-0.2, -0.15) is 5.10 Å². The molecule has 2 amide bonds. The van der Waals surface area contributed by atoms with E-state index < -0.39 is 17.6 Å². The number of hydrogen-bond acceptors (Lipinski definition) is 4. The molecule has 1 aromatic carbocycles. The fourth-order valence-corrected chi connectivity index (χ4v) is 3.08. The van der Waals surface area contributed by atoms with E-state index in [1.165, 1.54) is 37.6 Å². The van der Waals surface area contributed by atoms with Crippen LogP contribution in [0.1, 0.15) is 24.8 Å². The Labute approximate surface area is 157 Å². The van der Waals surface area contributed by atoms with Crippen molar-refractivity contribution in [3.8, 4) is 0 Å². The van der Waals surface area contributed by atoms with Gasteiger partial charge in [-0.3, -0.25) is 14.3 Å². The highest BCUT2D eigenvalue weighted by Gasteiger charge is 2.17. The standard InChI is InChI=1S/C19H24FN5O2/c1-14-5-6-16(20)17(11-14)23-19(27)18(26)22-15-12-21-25(13-15)10-9-24-7-3-2-4-8-24/h5-6,11-13H,2-4,7-10H2,1H3,(H,22,26)(H,23,27). The quantitative estimate of drug-likeness (QED) is 0.789. The maximum atomic E-state index is 13.7. The summed E-state index contributed by atoms with van der Waals surface area (Å²) in [5.74, 6) is -2.39. The van der Waals surface area contributed by atoms with Gasteiger partial charge in [-0.05, 0) is 50.6 Å². The number of aryl methyl sites for hydroxylation is 1.